The molecule has 1 aliphatic heterocycles. The standard InChI is InChI=1S/C19H17BrClN3O/c1-12-3-8-18(21)16(11-12)14-4-6-15(7-5-14)22-24-23-19-13(2)25-10-9-17(19)20/h3-11,13,17H,1-2H3. The number of ether oxygens (including phenoxy) is 1. The van der Waals surface area contributed by atoms with Gasteiger partial charge in [-0.1, -0.05) is 51.3 Å². The highest BCUT2D eigenvalue weighted by Crippen LogP contribution is 2.30. The molecule has 0 amide bonds. The average molecular weight is 419 g/mol. The van der Waals surface area contributed by atoms with E-state index in [0.717, 1.165) is 27.5 Å². The Labute approximate surface area is 160 Å². The molecule has 2 unspecified atom stereocenters. The number of halogens is 2. The third-order valence-corrected chi connectivity index (χ3v) is 4.95. The average Bonchev–Trinajstić information content (AvgIpc) is 2.60. The summed E-state index contributed by atoms with van der Waals surface area (Å²) in [7, 11) is 0. The summed E-state index contributed by atoms with van der Waals surface area (Å²) in [5.41, 5.74) is 4.73. The Morgan fingerprint density at radius 2 is 1.88 bits per heavy atom. The summed E-state index contributed by atoms with van der Waals surface area (Å²) in [6, 6.07) is 13.7. The highest BCUT2D eigenvalue weighted by atomic mass is 79.9. The molecule has 128 valence electrons. The Kier molecular flexibility index (Phi) is 5.66. The fourth-order valence-electron chi connectivity index (χ4n) is 2.45. The normalized spacial score (nSPS) is 21.7. The van der Waals surface area contributed by atoms with Crippen LogP contribution in [0.15, 0.2) is 70.2 Å². The Morgan fingerprint density at radius 1 is 1.12 bits per heavy atom. The van der Waals surface area contributed by atoms with E-state index in [1.54, 1.807) is 6.26 Å². The molecule has 25 heavy (non-hydrogen) atoms. The van der Waals surface area contributed by atoms with Crippen LogP contribution in [0.5, 0.6) is 0 Å². The molecule has 0 N–H and O–H groups in total. The van der Waals surface area contributed by atoms with E-state index in [9.17, 15) is 0 Å². The minimum atomic E-state index is -0.126. The third-order valence-electron chi connectivity index (χ3n) is 3.85. The minimum absolute atomic E-state index is 0.0149. The van der Waals surface area contributed by atoms with E-state index < -0.39 is 0 Å². The summed E-state index contributed by atoms with van der Waals surface area (Å²) in [4.78, 5) is 0.0149. The lowest BCUT2D eigenvalue weighted by Gasteiger charge is -2.19. The van der Waals surface area contributed by atoms with Gasteiger partial charge >= 0.3 is 0 Å². The fourth-order valence-corrected chi connectivity index (χ4v) is 3.27. The number of allylic oxidation sites excluding steroid dienone is 1. The molecule has 0 aromatic heterocycles. The predicted octanol–water partition coefficient (Wildman–Crippen LogP) is 6.45. The van der Waals surface area contributed by atoms with Crippen LogP contribution in [0.25, 0.3) is 11.1 Å². The van der Waals surface area contributed by atoms with Crippen LogP contribution in [0.1, 0.15) is 12.5 Å². The number of hydrogen-bond donors (Lipinski definition) is 0. The van der Waals surface area contributed by atoms with E-state index in [1.807, 2.05) is 56.3 Å². The molecule has 4 nitrogen and oxygen atoms in total. The Balaban J connectivity index is 1.77. The van der Waals surface area contributed by atoms with Gasteiger partial charge in [0.1, 0.15) is 6.10 Å². The zero-order valence-electron chi connectivity index (χ0n) is 13.9. The van der Waals surface area contributed by atoms with E-state index in [4.69, 9.17) is 16.3 Å². The fraction of sp³-hybridized carbons (Fsp3) is 0.211. The molecule has 1 aliphatic rings. The van der Waals surface area contributed by atoms with Crippen molar-refractivity contribution in [3.05, 3.63) is 65.4 Å². The number of benzene rings is 2. The van der Waals surface area contributed by atoms with Gasteiger partial charge in [-0.2, -0.15) is 0 Å². The lowest BCUT2D eigenvalue weighted by molar-refractivity contribution is 0.212. The lowest BCUT2D eigenvalue weighted by atomic mass is 10.0. The van der Waals surface area contributed by atoms with Gasteiger partial charge < -0.3 is 4.74 Å². The molecule has 3 rings (SSSR count). The van der Waals surface area contributed by atoms with Crippen LogP contribution < -0.4 is 0 Å². The molecule has 0 fully saturated rings. The van der Waals surface area contributed by atoms with E-state index >= 15 is 0 Å². The Morgan fingerprint density at radius 3 is 2.60 bits per heavy atom. The van der Waals surface area contributed by atoms with E-state index in [0.29, 0.717) is 0 Å². The Bertz CT molecular complexity index is 846. The van der Waals surface area contributed by atoms with Crippen molar-refractivity contribution >= 4 is 38.9 Å². The molecule has 2 aromatic rings. The van der Waals surface area contributed by atoms with Crippen molar-refractivity contribution in [2.45, 2.75) is 24.8 Å². The molecule has 1 heterocycles. The predicted molar refractivity (Wildman–Crippen MR) is 106 cm³/mol. The van der Waals surface area contributed by atoms with Gasteiger partial charge in [-0.15, -0.1) is 10.2 Å². The first-order valence-corrected chi connectivity index (χ1v) is 9.15. The maximum Gasteiger partial charge on any atom is 0.136 e. The van der Waals surface area contributed by atoms with Crippen molar-refractivity contribution in [2.75, 3.05) is 0 Å². The van der Waals surface area contributed by atoms with Crippen molar-refractivity contribution in [3.63, 3.8) is 0 Å². The molecule has 2 atom stereocenters. The molecule has 2 aromatic carbocycles. The second-order valence-electron chi connectivity index (χ2n) is 5.75. The summed E-state index contributed by atoms with van der Waals surface area (Å²) in [6.07, 6.45) is 3.41. The molecule has 0 aliphatic carbocycles. The van der Waals surface area contributed by atoms with Crippen LogP contribution in [0.3, 0.4) is 0 Å². The molecule has 0 saturated carbocycles. The van der Waals surface area contributed by atoms with E-state index in [-0.39, 0.29) is 10.9 Å². The summed E-state index contributed by atoms with van der Waals surface area (Å²) in [5.74, 6) is 0. The molecule has 6 heteroatoms. The smallest absolute Gasteiger partial charge is 0.136 e. The summed E-state index contributed by atoms with van der Waals surface area (Å²) in [6.45, 7) is 3.97. The molecule has 0 spiro atoms. The number of hydrogen-bond acceptors (Lipinski definition) is 3. The zero-order chi connectivity index (χ0) is 17.8. The van der Waals surface area contributed by atoms with Crippen molar-refractivity contribution in [2.24, 2.45) is 15.4 Å². The van der Waals surface area contributed by atoms with Crippen LogP contribution in [-0.2, 0) is 4.74 Å². The summed E-state index contributed by atoms with van der Waals surface area (Å²) in [5, 5.41) is 13.0. The molecule has 0 radical (unpaired) electrons. The van der Waals surface area contributed by atoms with Crippen LogP contribution in [0.4, 0.5) is 5.69 Å². The van der Waals surface area contributed by atoms with Gasteiger partial charge in [-0.25, -0.2) is 0 Å². The molecule has 0 bridgehead atoms. The highest BCUT2D eigenvalue weighted by molar-refractivity contribution is 9.10. The third kappa shape index (κ3) is 4.35. The van der Waals surface area contributed by atoms with Gasteiger partial charge in [0.2, 0.25) is 0 Å². The van der Waals surface area contributed by atoms with Crippen LogP contribution in [0, 0.1) is 6.92 Å². The van der Waals surface area contributed by atoms with Crippen LogP contribution in [-0.4, -0.2) is 16.6 Å². The maximum atomic E-state index is 6.29. The van der Waals surface area contributed by atoms with E-state index in [1.165, 1.54) is 5.56 Å². The van der Waals surface area contributed by atoms with Crippen LogP contribution in [0.2, 0.25) is 5.02 Å². The first kappa shape index (κ1) is 17.8. The van der Waals surface area contributed by atoms with Crippen LogP contribution >= 0.6 is 27.5 Å². The van der Waals surface area contributed by atoms with Gasteiger partial charge in [0.15, 0.2) is 0 Å². The van der Waals surface area contributed by atoms with Gasteiger partial charge in [0.25, 0.3) is 0 Å². The van der Waals surface area contributed by atoms with E-state index in [2.05, 4.69) is 37.4 Å². The molecular weight excluding hydrogens is 402 g/mol. The molecular formula is C19H17BrClN3O. The number of aryl methyl sites for hydroxylation is 1. The second kappa shape index (κ2) is 7.93. The van der Waals surface area contributed by atoms with Gasteiger partial charge in [-0.3, -0.25) is 0 Å². The van der Waals surface area contributed by atoms with Crippen molar-refractivity contribution in [1.82, 2.24) is 0 Å². The first-order chi connectivity index (χ1) is 12.0. The zero-order valence-corrected chi connectivity index (χ0v) is 16.2. The minimum Gasteiger partial charge on any atom is -0.493 e. The largest absolute Gasteiger partial charge is 0.493 e. The SMILES string of the molecule is Cc1ccc(Cl)c(-c2ccc(N=NN=C3C(Br)C=COC3C)cc2)c1. The van der Waals surface area contributed by atoms with Gasteiger partial charge in [-0.05, 0) is 55.0 Å². The quantitative estimate of drug-likeness (QED) is 0.321. The van der Waals surface area contributed by atoms with Gasteiger partial charge in [0, 0.05) is 10.6 Å². The Hall–Kier alpha value is -1.98. The van der Waals surface area contributed by atoms with Crippen molar-refractivity contribution in [3.8, 4) is 11.1 Å². The summed E-state index contributed by atoms with van der Waals surface area (Å²) >= 11 is 9.80. The number of rotatable bonds is 3. The second-order valence-corrected chi connectivity index (χ2v) is 7.15. The number of nitrogens with zero attached hydrogens (tertiary/aromatic N) is 3. The van der Waals surface area contributed by atoms with Gasteiger partial charge in [0.05, 0.1) is 22.5 Å². The monoisotopic (exact) mass is 417 g/mol. The number of alkyl halides is 1. The van der Waals surface area contributed by atoms with Crippen molar-refractivity contribution in [1.29, 1.82) is 0 Å². The topological polar surface area (TPSA) is 46.3 Å². The maximum absolute atomic E-state index is 6.29. The highest BCUT2D eigenvalue weighted by Gasteiger charge is 2.21. The first-order valence-electron chi connectivity index (χ1n) is 7.86. The lowest BCUT2D eigenvalue weighted by Crippen LogP contribution is -2.29. The molecule has 0 saturated heterocycles. The van der Waals surface area contributed by atoms with Crippen molar-refractivity contribution < 1.29 is 4.74 Å². The summed E-state index contributed by atoms with van der Waals surface area (Å²) < 4.78 is 5.39.